The first-order chi connectivity index (χ1) is 12.1. The molecule has 0 bridgehead atoms. The van der Waals surface area contributed by atoms with Crippen LogP contribution in [-0.4, -0.2) is 59.0 Å². The minimum Gasteiger partial charge on any atom is -0.350 e. The number of carbonyl (C=O) groups is 1. The highest BCUT2D eigenvalue weighted by Gasteiger charge is 2.57. The Balaban J connectivity index is 1.42. The second-order valence-electron chi connectivity index (χ2n) is 8.34. The highest BCUT2D eigenvalue weighted by molar-refractivity contribution is 5.83. The molecule has 0 unspecified atom stereocenters. The quantitative estimate of drug-likeness (QED) is 0.899. The average molecular weight is 343 g/mol. The van der Waals surface area contributed by atoms with Crippen molar-refractivity contribution in [2.75, 3.05) is 37.6 Å². The lowest BCUT2D eigenvalue weighted by atomic mass is 9.75. The Kier molecular flexibility index (Phi) is 4.40. The van der Waals surface area contributed by atoms with E-state index in [0.29, 0.717) is 5.92 Å². The number of hydrogen-bond donors (Lipinski definition) is 1. The maximum Gasteiger partial charge on any atom is 0.225 e. The molecule has 0 saturated carbocycles. The summed E-state index contributed by atoms with van der Waals surface area (Å²) in [6.45, 7) is 9.50. The van der Waals surface area contributed by atoms with Gasteiger partial charge in [-0.25, -0.2) is 9.97 Å². The van der Waals surface area contributed by atoms with Crippen LogP contribution >= 0.6 is 0 Å². The van der Waals surface area contributed by atoms with E-state index in [1.54, 1.807) is 12.4 Å². The maximum atomic E-state index is 12.6. The average Bonchev–Trinajstić information content (AvgIpc) is 3.15. The summed E-state index contributed by atoms with van der Waals surface area (Å²) in [4.78, 5) is 26.1. The number of likely N-dealkylation sites (tertiary alicyclic amines) is 1. The molecule has 136 valence electrons. The minimum atomic E-state index is -0.0143. The van der Waals surface area contributed by atoms with Crippen LogP contribution in [0.15, 0.2) is 18.5 Å². The summed E-state index contributed by atoms with van der Waals surface area (Å²) >= 11 is 0. The van der Waals surface area contributed by atoms with Crippen molar-refractivity contribution >= 4 is 11.9 Å². The van der Waals surface area contributed by atoms with E-state index in [1.165, 1.54) is 6.42 Å². The first-order valence-corrected chi connectivity index (χ1v) is 9.64. The Labute approximate surface area is 150 Å². The molecule has 4 heterocycles. The van der Waals surface area contributed by atoms with E-state index in [1.807, 2.05) is 6.07 Å². The van der Waals surface area contributed by atoms with Crippen LogP contribution in [0.2, 0.25) is 0 Å². The summed E-state index contributed by atoms with van der Waals surface area (Å²) in [5.41, 5.74) is -0.0143. The molecule has 1 spiro atoms. The fraction of sp³-hybridized carbons (Fsp3) is 0.737. The molecule has 3 saturated heterocycles. The van der Waals surface area contributed by atoms with Gasteiger partial charge in [0.2, 0.25) is 11.9 Å². The van der Waals surface area contributed by atoms with Gasteiger partial charge in [0.1, 0.15) is 0 Å². The number of amides is 1. The monoisotopic (exact) mass is 343 g/mol. The molecule has 3 aliphatic rings. The number of carbonyl (C=O) groups excluding carboxylic acids is 1. The van der Waals surface area contributed by atoms with Gasteiger partial charge in [-0.05, 0) is 37.8 Å². The molecule has 1 aromatic heterocycles. The Bertz CT molecular complexity index is 612. The van der Waals surface area contributed by atoms with E-state index in [-0.39, 0.29) is 17.4 Å². The number of nitrogens with zero attached hydrogens (tertiary/aromatic N) is 4. The van der Waals surface area contributed by atoms with E-state index >= 15 is 0 Å². The topological polar surface area (TPSA) is 61.4 Å². The van der Waals surface area contributed by atoms with Crippen molar-refractivity contribution in [2.45, 2.75) is 38.6 Å². The fourth-order valence-electron chi connectivity index (χ4n) is 4.82. The fourth-order valence-corrected chi connectivity index (χ4v) is 4.82. The van der Waals surface area contributed by atoms with Crippen molar-refractivity contribution in [3.05, 3.63) is 18.5 Å². The molecule has 1 amide bonds. The molecule has 25 heavy (non-hydrogen) atoms. The number of nitrogens with one attached hydrogen (secondary N) is 1. The molecule has 0 radical (unpaired) electrons. The van der Waals surface area contributed by atoms with Gasteiger partial charge in [0.15, 0.2) is 0 Å². The Hall–Kier alpha value is -1.69. The molecule has 4 rings (SSSR count). The largest absolute Gasteiger partial charge is 0.350 e. The van der Waals surface area contributed by atoms with Crippen LogP contribution in [0.3, 0.4) is 0 Å². The third kappa shape index (κ3) is 3.12. The van der Waals surface area contributed by atoms with Crippen LogP contribution in [0.5, 0.6) is 0 Å². The number of anilines is 1. The van der Waals surface area contributed by atoms with Gasteiger partial charge in [0.25, 0.3) is 0 Å². The predicted octanol–water partition coefficient (Wildman–Crippen LogP) is 1.54. The van der Waals surface area contributed by atoms with E-state index < -0.39 is 0 Å². The standard InChI is InChI=1S/C19H29N5O/c1-14(2)4-9-23-12-15-16(13-23)19(22-17(15)25)5-10-24(11-6-19)18-20-7-3-8-21-18/h3,7-8,14-16H,4-6,9-13H2,1-2H3,(H,22,25)/t15-,16+/m1/s1. The SMILES string of the molecule is CC(C)CCN1C[C@H]2C(=O)NC3(CCN(c4ncccn4)CC3)[C@H]2C1. The van der Waals surface area contributed by atoms with Crippen LogP contribution in [0.1, 0.15) is 33.1 Å². The summed E-state index contributed by atoms with van der Waals surface area (Å²) in [5, 5.41) is 3.40. The Morgan fingerprint density at radius 2 is 1.96 bits per heavy atom. The third-order valence-electron chi connectivity index (χ3n) is 6.33. The summed E-state index contributed by atoms with van der Waals surface area (Å²) < 4.78 is 0. The highest BCUT2D eigenvalue weighted by atomic mass is 16.2. The summed E-state index contributed by atoms with van der Waals surface area (Å²) in [5.74, 6) is 2.46. The van der Waals surface area contributed by atoms with Gasteiger partial charge in [-0.1, -0.05) is 13.8 Å². The maximum absolute atomic E-state index is 12.6. The number of piperidine rings is 1. The van der Waals surface area contributed by atoms with Crippen LogP contribution in [0.4, 0.5) is 5.95 Å². The molecular weight excluding hydrogens is 314 g/mol. The van der Waals surface area contributed by atoms with Gasteiger partial charge in [-0.2, -0.15) is 0 Å². The van der Waals surface area contributed by atoms with Crippen LogP contribution < -0.4 is 10.2 Å². The molecule has 1 aromatic rings. The minimum absolute atomic E-state index is 0.0143. The molecule has 3 aliphatic heterocycles. The first kappa shape index (κ1) is 16.8. The predicted molar refractivity (Wildman–Crippen MR) is 97.2 cm³/mol. The van der Waals surface area contributed by atoms with Crippen molar-refractivity contribution < 1.29 is 4.79 Å². The number of aromatic nitrogens is 2. The molecule has 6 nitrogen and oxygen atoms in total. The number of hydrogen-bond acceptors (Lipinski definition) is 5. The highest BCUT2D eigenvalue weighted by Crippen LogP contribution is 2.44. The van der Waals surface area contributed by atoms with Crippen molar-refractivity contribution in [1.29, 1.82) is 0 Å². The van der Waals surface area contributed by atoms with Gasteiger partial charge >= 0.3 is 0 Å². The molecule has 3 fully saturated rings. The second kappa shape index (κ2) is 6.56. The van der Waals surface area contributed by atoms with Gasteiger partial charge in [0.05, 0.1) is 5.92 Å². The molecule has 2 atom stereocenters. The lowest BCUT2D eigenvalue weighted by Gasteiger charge is -2.42. The zero-order valence-electron chi connectivity index (χ0n) is 15.3. The first-order valence-electron chi connectivity index (χ1n) is 9.64. The molecule has 1 N–H and O–H groups in total. The van der Waals surface area contributed by atoms with Gasteiger partial charge in [0, 0.05) is 50.0 Å². The number of fused-ring (bicyclic) bond motifs is 2. The van der Waals surface area contributed by atoms with Gasteiger partial charge in [-0.15, -0.1) is 0 Å². The second-order valence-corrected chi connectivity index (χ2v) is 8.34. The molecular formula is C19H29N5O. The van der Waals surface area contributed by atoms with Crippen molar-refractivity contribution in [1.82, 2.24) is 20.2 Å². The lowest BCUT2D eigenvalue weighted by Crippen LogP contribution is -2.55. The van der Waals surface area contributed by atoms with Crippen LogP contribution in [-0.2, 0) is 4.79 Å². The third-order valence-corrected chi connectivity index (χ3v) is 6.33. The summed E-state index contributed by atoms with van der Waals surface area (Å²) in [6.07, 6.45) is 6.80. The molecule has 6 heteroatoms. The Morgan fingerprint density at radius 1 is 1.24 bits per heavy atom. The van der Waals surface area contributed by atoms with Crippen LogP contribution in [0, 0.1) is 17.8 Å². The zero-order valence-corrected chi connectivity index (χ0v) is 15.3. The van der Waals surface area contributed by atoms with Crippen molar-refractivity contribution in [3.8, 4) is 0 Å². The Morgan fingerprint density at radius 3 is 2.64 bits per heavy atom. The smallest absolute Gasteiger partial charge is 0.225 e. The van der Waals surface area contributed by atoms with Gasteiger partial charge in [-0.3, -0.25) is 4.79 Å². The van der Waals surface area contributed by atoms with Crippen molar-refractivity contribution in [3.63, 3.8) is 0 Å². The summed E-state index contributed by atoms with van der Waals surface area (Å²) in [7, 11) is 0. The molecule has 0 aromatic carbocycles. The van der Waals surface area contributed by atoms with Crippen LogP contribution in [0.25, 0.3) is 0 Å². The van der Waals surface area contributed by atoms with E-state index in [4.69, 9.17) is 0 Å². The molecule has 0 aliphatic carbocycles. The summed E-state index contributed by atoms with van der Waals surface area (Å²) in [6, 6.07) is 1.85. The zero-order chi connectivity index (χ0) is 17.4. The van der Waals surface area contributed by atoms with Crippen molar-refractivity contribution in [2.24, 2.45) is 17.8 Å². The van der Waals surface area contributed by atoms with E-state index in [0.717, 1.165) is 57.4 Å². The van der Waals surface area contributed by atoms with Gasteiger partial charge < -0.3 is 15.1 Å². The number of rotatable bonds is 4. The lowest BCUT2D eigenvalue weighted by molar-refractivity contribution is -0.123. The normalized spacial score (nSPS) is 28.6. The van der Waals surface area contributed by atoms with E-state index in [9.17, 15) is 4.79 Å². The van der Waals surface area contributed by atoms with E-state index in [2.05, 4.69) is 38.9 Å².